The number of carbonyl (C=O) groups is 2. The molecule has 1 aliphatic heterocycles. The lowest BCUT2D eigenvalue weighted by Crippen LogP contribution is -2.42. The summed E-state index contributed by atoms with van der Waals surface area (Å²) in [5.41, 5.74) is 0.855. The maximum atomic E-state index is 13.0. The molecule has 1 aliphatic rings. The van der Waals surface area contributed by atoms with Gasteiger partial charge in [0, 0.05) is 12.2 Å². The van der Waals surface area contributed by atoms with E-state index in [0.29, 0.717) is 40.9 Å². The van der Waals surface area contributed by atoms with Crippen LogP contribution in [0.4, 0.5) is 21.9 Å². The van der Waals surface area contributed by atoms with E-state index in [4.69, 9.17) is 14.2 Å². The van der Waals surface area contributed by atoms with E-state index >= 15 is 0 Å². The number of nitrogens with zero attached hydrogens (tertiary/aromatic N) is 1. The Balaban J connectivity index is 1.85. The average molecular weight is 425 g/mol. The third-order valence-corrected chi connectivity index (χ3v) is 4.88. The Morgan fingerprint density at radius 2 is 2.00 bits per heavy atom. The van der Waals surface area contributed by atoms with Gasteiger partial charge in [0.05, 0.1) is 31.0 Å². The van der Waals surface area contributed by atoms with Crippen molar-refractivity contribution < 1.29 is 23.8 Å². The van der Waals surface area contributed by atoms with E-state index in [1.165, 1.54) is 14.2 Å². The molecule has 164 valence electrons. The number of urea groups is 1. The first-order valence-electron chi connectivity index (χ1n) is 9.79. The van der Waals surface area contributed by atoms with Crippen molar-refractivity contribution in [2.45, 2.75) is 13.8 Å². The van der Waals surface area contributed by atoms with Crippen LogP contribution in [-0.2, 0) is 4.79 Å². The second-order valence-electron chi connectivity index (χ2n) is 7.68. The maximum Gasteiger partial charge on any atom is 0.323 e. The molecule has 2 aromatic carbocycles. The number of methoxy groups -OCH3 is 2. The Morgan fingerprint density at radius 1 is 1.23 bits per heavy atom. The maximum absolute atomic E-state index is 13.0. The highest BCUT2D eigenvalue weighted by atomic mass is 16.5. The van der Waals surface area contributed by atoms with Crippen LogP contribution >= 0.6 is 0 Å². The van der Waals surface area contributed by atoms with Crippen molar-refractivity contribution in [3.8, 4) is 17.2 Å². The molecular formula is C23H27N3O5. The van der Waals surface area contributed by atoms with Crippen LogP contribution in [0.3, 0.4) is 0 Å². The van der Waals surface area contributed by atoms with Crippen LogP contribution in [0, 0.1) is 5.41 Å². The van der Waals surface area contributed by atoms with E-state index < -0.39 is 11.4 Å². The van der Waals surface area contributed by atoms with Crippen LogP contribution in [0.25, 0.3) is 0 Å². The molecule has 2 N–H and O–H groups in total. The third-order valence-electron chi connectivity index (χ3n) is 4.88. The van der Waals surface area contributed by atoms with Crippen molar-refractivity contribution in [2.75, 3.05) is 42.9 Å². The highest BCUT2D eigenvalue weighted by Crippen LogP contribution is 2.38. The van der Waals surface area contributed by atoms with Crippen molar-refractivity contribution in [3.63, 3.8) is 0 Å². The Hall–Kier alpha value is -3.68. The Bertz CT molecular complexity index is 1000. The van der Waals surface area contributed by atoms with Gasteiger partial charge in [-0.05, 0) is 44.2 Å². The minimum absolute atomic E-state index is 0.0751. The zero-order chi connectivity index (χ0) is 22.6. The molecule has 2 aromatic rings. The molecule has 8 nitrogen and oxygen atoms in total. The monoisotopic (exact) mass is 425 g/mol. The summed E-state index contributed by atoms with van der Waals surface area (Å²) in [6, 6.07) is 9.89. The number of fused-ring (bicyclic) bond motifs is 1. The zero-order valence-corrected chi connectivity index (χ0v) is 18.2. The Kier molecular flexibility index (Phi) is 6.39. The lowest BCUT2D eigenvalue weighted by atomic mass is 9.93. The molecule has 0 atom stereocenters. The van der Waals surface area contributed by atoms with Crippen LogP contribution < -0.4 is 29.7 Å². The minimum Gasteiger partial charge on any atom is -0.493 e. The molecule has 0 saturated carbocycles. The van der Waals surface area contributed by atoms with Crippen LogP contribution in [0.2, 0.25) is 0 Å². The first kappa shape index (κ1) is 22.0. The molecule has 0 bridgehead atoms. The fraction of sp³-hybridized carbons (Fsp3) is 0.304. The number of ether oxygens (including phenoxy) is 3. The van der Waals surface area contributed by atoms with Crippen LogP contribution in [-0.4, -0.2) is 39.3 Å². The average Bonchev–Trinajstić information content (AvgIpc) is 2.83. The summed E-state index contributed by atoms with van der Waals surface area (Å²) in [5, 5.41) is 5.53. The number of para-hydroxylation sites is 1. The predicted molar refractivity (Wildman–Crippen MR) is 120 cm³/mol. The highest BCUT2D eigenvalue weighted by Gasteiger charge is 2.37. The van der Waals surface area contributed by atoms with Gasteiger partial charge in [0.25, 0.3) is 0 Å². The molecule has 0 fully saturated rings. The highest BCUT2D eigenvalue weighted by molar-refractivity contribution is 6.03. The molecule has 0 unspecified atom stereocenters. The molecular weight excluding hydrogens is 398 g/mol. The largest absolute Gasteiger partial charge is 0.493 e. The lowest BCUT2D eigenvalue weighted by molar-refractivity contribution is -0.127. The van der Waals surface area contributed by atoms with E-state index in [-0.39, 0.29) is 12.5 Å². The fourth-order valence-electron chi connectivity index (χ4n) is 3.30. The van der Waals surface area contributed by atoms with Crippen molar-refractivity contribution in [2.24, 2.45) is 5.41 Å². The van der Waals surface area contributed by atoms with Gasteiger partial charge < -0.3 is 29.7 Å². The van der Waals surface area contributed by atoms with Gasteiger partial charge >= 0.3 is 6.03 Å². The first-order chi connectivity index (χ1) is 14.8. The first-order valence-corrected chi connectivity index (χ1v) is 9.79. The van der Waals surface area contributed by atoms with Crippen molar-refractivity contribution >= 4 is 29.0 Å². The van der Waals surface area contributed by atoms with Gasteiger partial charge in [-0.2, -0.15) is 0 Å². The van der Waals surface area contributed by atoms with Gasteiger partial charge in [-0.3, -0.25) is 4.79 Å². The topological polar surface area (TPSA) is 89.1 Å². The molecule has 0 saturated heterocycles. The second kappa shape index (κ2) is 8.99. The number of anilines is 3. The van der Waals surface area contributed by atoms with Crippen LogP contribution in [0.1, 0.15) is 13.8 Å². The summed E-state index contributed by atoms with van der Waals surface area (Å²) < 4.78 is 16.5. The quantitative estimate of drug-likeness (QED) is 0.674. The van der Waals surface area contributed by atoms with E-state index in [2.05, 4.69) is 17.2 Å². The van der Waals surface area contributed by atoms with Gasteiger partial charge in [0.1, 0.15) is 12.4 Å². The van der Waals surface area contributed by atoms with Gasteiger partial charge in [-0.15, -0.1) is 6.58 Å². The van der Waals surface area contributed by atoms with Gasteiger partial charge in [0.15, 0.2) is 11.5 Å². The summed E-state index contributed by atoms with van der Waals surface area (Å²) in [6.07, 6.45) is 1.66. The van der Waals surface area contributed by atoms with E-state index in [1.807, 2.05) is 13.8 Å². The molecule has 3 amide bonds. The normalized spacial score (nSPS) is 14.6. The standard InChI is InChI=1S/C23H27N3O5/c1-6-12-26-17-13-15(10-11-18(17)31-14-23(2,3)21(26)27)24-22(28)25-16-8-7-9-19(29-4)20(16)30-5/h6-11,13H,1,12,14H2,2-5H3,(H2,24,25,28). The number of hydrogen-bond donors (Lipinski definition) is 2. The summed E-state index contributed by atoms with van der Waals surface area (Å²) in [4.78, 5) is 27.2. The predicted octanol–water partition coefficient (Wildman–Crippen LogP) is 4.29. The Labute approximate surface area is 181 Å². The van der Waals surface area contributed by atoms with Crippen LogP contribution in [0.5, 0.6) is 17.2 Å². The number of nitrogens with one attached hydrogen (secondary N) is 2. The van der Waals surface area contributed by atoms with Crippen molar-refractivity contribution in [3.05, 3.63) is 49.1 Å². The number of hydrogen-bond acceptors (Lipinski definition) is 5. The summed E-state index contributed by atoms with van der Waals surface area (Å²) in [5.74, 6) is 1.42. The van der Waals surface area contributed by atoms with Gasteiger partial charge in [-0.1, -0.05) is 12.1 Å². The van der Waals surface area contributed by atoms with Gasteiger partial charge in [-0.25, -0.2) is 4.79 Å². The minimum atomic E-state index is -0.685. The van der Waals surface area contributed by atoms with Crippen molar-refractivity contribution in [1.29, 1.82) is 0 Å². The SMILES string of the molecule is C=CCN1C(=O)C(C)(C)COc2ccc(NC(=O)Nc3cccc(OC)c3OC)cc21. The summed E-state index contributed by atoms with van der Waals surface area (Å²) in [7, 11) is 3.02. The van der Waals surface area contributed by atoms with E-state index in [9.17, 15) is 9.59 Å². The molecule has 0 spiro atoms. The zero-order valence-electron chi connectivity index (χ0n) is 18.2. The van der Waals surface area contributed by atoms with Gasteiger partial charge in [0.2, 0.25) is 5.91 Å². The molecule has 1 heterocycles. The fourth-order valence-corrected chi connectivity index (χ4v) is 3.30. The smallest absolute Gasteiger partial charge is 0.323 e. The third kappa shape index (κ3) is 4.58. The summed E-state index contributed by atoms with van der Waals surface area (Å²) >= 11 is 0. The van der Waals surface area contributed by atoms with Crippen LogP contribution in [0.15, 0.2) is 49.1 Å². The molecule has 31 heavy (non-hydrogen) atoms. The van der Waals surface area contributed by atoms with E-state index in [0.717, 1.165) is 0 Å². The molecule has 0 aromatic heterocycles. The van der Waals surface area contributed by atoms with Crippen molar-refractivity contribution in [1.82, 2.24) is 0 Å². The number of amides is 3. The van der Waals surface area contributed by atoms with E-state index in [1.54, 1.807) is 47.4 Å². The molecule has 0 radical (unpaired) electrons. The lowest BCUT2D eigenvalue weighted by Gasteiger charge is -2.27. The molecule has 0 aliphatic carbocycles. The second-order valence-corrected chi connectivity index (χ2v) is 7.68. The number of rotatable bonds is 6. The molecule has 3 rings (SSSR count). The summed E-state index contributed by atoms with van der Waals surface area (Å²) in [6.45, 7) is 8.02. The Morgan fingerprint density at radius 3 is 2.68 bits per heavy atom. The number of benzene rings is 2. The number of carbonyl (C=O) groups excluding carboxylic acids is 2. The molecule has 8 heteroatoms.